The zero-order valence-electron chi connectivity index (χ0n) is 15.2. The summed E-state index contributed by atoms with van der Waals surface area (Å²) in [6.45, 7) is -0.524. The summed E-state index contributed by atoms with van der Waals surface area (Å²) in [5.41, 5.74) is 9.61. The van der Waals surface area contributed by atoms with Crippen molar-refractivity contribution in [3.05, 3.63) is 53.6 Å². The quantitative estimate of drug-likeness (QED) is 0.368. The Morgan fingerprint density at radius 1 is 1.17 bits per heavy atom. The average molecular weight is 409 g/mol. The van der Waals surface area contributed by atoms with Crippen LogP contribution in [0.2, 0.25) is 0 Å². The number of amides is 1. The van der Waals surface area contributed by atoms with Gasteiger partial charge in [-0.15, -0.1) is 5.10 Å². The minimum absolute atomic E-state index is 0.203. The molecule has 0 aliphatic rings. The average Bonchev–Trinajstić information content (AvgIpc) is 2.66. The first-order valence-electron chi connectivity index (χ1n) is 8.09. The Kier molecular flexibility index (Phi) is 7.01. The van der Waals surface area contributed by atoms with Crippen LogP contribution in [0, 0.1) is 0 Å². The molecule has 0 aliphatic heterocycles. The number of para-hydroxylation sites is 1. The van der Waals surface area contributed by atoms with Gasteiger partial charge in [-0.25, -0.2) is 0 Å². The number of carbonyl (C=O) groups is 1. The molecule has 0 atom stereocenters. The first-order valence-corrected chi connectivity index (χ1v) is 8.09. The van der Waals surface area contributed by atoms with Crippen LogP contribution in [0.1, 0.15) is 11.1 Å². The number of methoxy groups -OCH3 is 1. The second-order valence-electron chi connectivity index (χ2n) is 5.56. The van der Waals surface area contributed by atoms with Crippen molar-refractivity contribution in [2.75, 3.05) is 19.0 Å². The highest BCUT2D eigenvalue weighted by molar-refractivity contribution is 5.92. The number of ether oxygens (including phenoxy) is 2. The van der Waals surface area contributed by atoms with Crippen LogP contribution in [0.3, 0.4) is 0 Å². The van der Waals surface area contributed by atoms with Crippen molar-refractivity contribution in [1.29, 1.82) is 0 Å². The maximum Gasteiger partial charge on any atom is 0.418 e. The fourth-order valence-electron chi connectivity index (χ4n) is 2.21. The summed E-state index contributed by atoms with van der Waals surface area (Å²) in [6, 6.07) is 9.31. The maximum absolute atomic E-state index is 13.0. The number of hydrogen-bond acceptors (Lipinski definition) is 5. The Morgan fingerprint density at radius 2 is 1.90 bits per heavy atom. The topological polar surface area (TPSA) is 124 Å². The molecule has 154 valence electrons. The molecule has 0 fully saturated rings. The van der Waals surface area contributed by atoms with E-state index in [9.17, 15) is 18.0 Å². The Labute approximate surface area is 164 Å². The van der Waals surface area contributed by atoms with Gasteiger partial charge in [0.25, 0.3) is 5.91 Å². The number of anilines is 1. The summed E-state index contributed by atoms with van der Waals surface area (Å²) in [4.78, 5) is 12.0. The van der Waals surface area contributed by atoms with Crippen molar-refractivity contribution in [3.8, 4) is 11.5 Å². The lowest BCUT2D eigenvalue weighted by molar-refractivity contribution is -0.137. The van der Waals surface area contributed by atoms with E-state index in [2.05, 4.69) is 15.5 Å². The van der Waals surface area contributed by atoms with E-state index >= 15 is 0 Å². The zero-order chi connectivity index (χ0) is 21.4. The monoisotopic (exact) mass is 409 g/mol. The van der Waals surface area contributed by atoms with Crippen LogP contribution >= 0.6 is 0 Å². The van der Waals surface area contributed by atoms with Crippen molar-refractivity contribution >= 4 is 23.8 Å². The van der Waals surface area contributed by atoms with Crippen LogP contribution in [0.15, 0.2) is 52.7 Å². The van der Waals surface area contributed by atoms with Gasteiger partial charge < -0.3 is 26.3 Å². The standard InChI is InChI=1S/C18H18F3N5O3/c1-28-15-8-11(9-24-26-17(22)23)6-7-14(15)29-10-16(27)25-13-5-3-2-4-12(13)18(19,20)21/h2-9H,10H2,1H3,(H,25,27)(H4,22,23,26)/b24-9-. The maximum atomic E-state index is 13.0. The smallest absolute Gasteiger partial charge is 0.418 e. The predicted octanol–water partition coefficient (Wildman–Crippen LogP) is 2.34. The van der Waals surface area contributed by atoms with Gasteiger partial charge in [-0.1, -0.05) is 12.1 Å². The molecule has 0 spiro atoms. The minimum atomic E-state index is -4.59. The molecule has 0 heterocycles. The normalized spacial score (nSPS) is 11.2. The van der Waals surface area contributed by atoms with Crippen molar-refractivity contribution in [1.82, 2.24) is 0 Å². The number of hydrogen-bond donors (Lipinski definition) is 3. The highest BCUT2D eigenvalue weighted by Crippen LogP contribution is 2.34. The summed E-state index contributed by atoms with van der Waals surface area (Å²) >= 11 is 0. The molecule has 5 N–H and O–H groups in total. The lowest BCUT2D eigenvalue weighted by Gasteiger charge is -2.14. The molecule has 2 rings (SSSR count). The van der Waals surface area contributed by atoms with E-state index in [0.29, 0.717) is 5.56 Å². The second-order valence-corrected chi connectivity index (χ2v) is 5.56. The largest absolute Gasteiger partial charge is 0.493 e. The van der Waals surface area contributed by atoms with E-state index in [1.165, 1.54) is 31.5 Å². The van der Waals surface area contributed by atoms with Crippen LogP contribution in [0.25, 0.3) is 0 Å². The molecule has 2 aromatic rings. The second kappa shape index (κ2) is 9.44. The number of halogens is 3. The number of nitrogens with zero attached hydrogens (tertiary/aromatic N) is 2. The van der Waals surface area contributed by atoms with E-state index < -0.39 is 24.3 Å². The van der Waals surface area contributed by atoms with E-state index in [-0.39, 0.29) is 23.1 Å². The number of nitrogens with one attached hydrogen (secondary N) is 1. The van der Waals surface area contributed by atoms with E-state index in [0.717, 1.165) is 12.1 Å². The molecule has 0 saturated heterocycles. The van der Waals surface area contributed by atoms with Crippen molar-refractivity contribution in [2.45, 2.75) is 6.18 Å². The van der Waals surface area contributed by atoms with Gasteiger partial charge in [0, 0.05) is 0 Å². The van der Waals surface area contributed by atoms with E-state index in [1.807, 2.05) is 0 Å². The van der Waals surface area contributed by atoms with Gasteiger partial charge in [0.05, 0.1) is 24.6 Å². The molecule has 0 bridgehead atoms. The highest BCUT2D eigenvalue weighted by Gasteiger charge is 2.33. The molecule has 8 nitrogen and oxygen atoms in total. The molecule has 1 amide bonds. The van der Waals surface area contributed by atoms with Crippen LogP contribution in [0.4, 0.5) is 18.9 Å². The third-order valence-corrected chi connectivity index (χ3v) is 3.43. The number of nitrogens with two attached hydrogens (primary N) is 2. The molecule has 2 aromatic carbocycles. The van der Waals surface area contributed by atoms with E-state index in [4.69, 9.17) is 20.9 Å². The zero-order valence-corrected chi connectivity index (χ0v) is 15.2. The SMILES string of the molecule is COc1cc(/C=N\N=C(N)N)ccc1OCC(=O)Nc1ccccc1C(F)(F)F. The number of rotatable bonds is 7. The lowest BCUT2D eigenvalue weighted by Crippen LogP contribution is -2.22. The highest BCUT2D eigenvalue weighted by atomic mass is 19.4. The van der Waals surface area contributed by atoms with Crippen LogP contribution in [0.5, 0.6) is 11.5 Å². The molecule has 11 heteroatoms. The Hall–Kier alpha value is -3.76. The summed E-state index contributed by atoms with van der Waals surface area (Å²) < 4.78 is 49.5. The Morgan fingerprint density at radius 3 is 2.55 bits per heavy atom. The first-order chi connectivity index (χ1) is 13.7. The fraction of sp³-hybridized carbons (Fsp3) is 0.167. The summed E-state index contributed by atoms with van der Waals surface area (Å²) in [6.07, 6.45) is -3.23. The molecule has 29 heavy (non-hydrogen) atoms. The molecule has 0 aromatic heterocycles. The summed E-state index contributed by atoms with van der Waals surface area (Å²) in [7, 11) is 1.39. The van der Waals surface area contributed by atoms with E-state index in [1.54, 1.807) is 12.1 Å². The van der Waals surface area contributed by atoms with Gasteiger partial charge in [0.2, 0.25) is 5.96 Å². The molecular weight excluding hydrogens is 391 g/mol. The molecule has 0 unspecified atom stereocenters. The van der Waals surface area contributed by atoms with Crippen molar-refractivity contribution in [2.24, 2.45) is 21.7 Å². The molecule has 0 radical (unpaired) electrons. The summed E-state index contributed by atoms with van der Waals surface area (Å²) in [5, 5.41) is 9.30. The Bertz CT molecular complexity index is 925. The number of guanidine groups is 1. The summed E-state index contributed by atoms with van der Waals surface area (Å²) in [5.74, 6) is -0.471. The Balaban J connectivity index is 2.05. The molecule has 0 aliphatic carbocycles. The lowest BCUT2D eigenvalue weighted by atomic mass is 10.1. The fourth-order valence-corrected chi connectivity index (χ4v) is 2.21. The molecular formula is C18H18F3N5O3. The first kappa shape index (κ1) is 21.5. The third kappa shape index (κ3) is 6.41. The van der Waals surface area contributed by atoms with Gasteiger partial charge in [-0.2, -0.15) is 18.3 Å². The van der Waals surface area contributed by atoms with Gasteiger partial charge in [0.1, 0.15) is 0 Å². The number of alkyl halides is 3. The van der Waals surface area contributed by atoms with Gasteiger partial charge >= 0.3 is 6.18 Å². The minimum Gasteiger partial charge on any atom is -0.493 e. The molecule has 0 saturated carbocycles. The van der Waals surface area contributed by atoms with Gasteiger partial charge in [0.15, 0.2) is 18.1 Å². The number of benzene rings is 2. The van der Waals surface area contributed by atoms with Crippen molar-refractivity contribution < 1.29 is 27.4 Å². The van der Waals surface area contributed by atoms with Crippen LogP contribution in [-0.2, 0) is 11.0 Å². The van der Waals surface area contributed by atoms with Gasteiger partial charge in [-0.05, 0) is 35.9 Å². The third-order valence-electron chi connectivity index (χ3n) is 3.43. The van der Waals surface area contributed by atoms with Crippen LogP contribution < -0.4 is 26.3 Å². The van der Waals surface area contributed by atoms with Crippen LogP contribution in [-0.4, -0.2) is 31.8 Å². The van der Waals surface area contributed by atoms with Crippen molar-refractivity contribution in [3.63, 3.8) is 0 Å². The predicted molar refractivity (Wildman–Crippen MR) is 102 cm³/mol. The van der Waals surface area contributed by atoms with Gasteiger partial charge in [-0.3, -0.25) is 4.79 Å². The number of carbonyl (C=O) groups excluding carboxylic acids is 1.